The Labute approximate surface area is 155 Å². The lowest BCUT2D eigenvalue weighted by atomic mass is 10.0. The molecule has 1 aromatic rings. The minimum Gasteiger partial charge on any atom is -0.377 e. The van der Waals surface area contributed by atoms with Gasteiger partial charge in [-0.15, -0.1) is 0 Å². The summed E-state index contributed by atoms with van der Waals surface area (Å²) < 4.78 is 33.2. The Morgan fingerprint density at radius 1 is 1.35 bits per heavy atom. The molecule has 0 saturated carbocycles. The van der Waals surface area contributed by atoms with Gasteiger partial charge >= 0.3 is 6.03 Å². The Balaban J connectivity index is 1.66. The molecule has 1 fully saturated rings. The van der Waals surface area contributed by atoms with Gasteiger partial charge in [0.1, 0.15) is 0 Å². The molecule has 0 aliphatic carbocycles. The highest BCUT2D eigenvalue weighted by Crippen LogP contribution is 2.23. The summed E-state index contributed by atoms with van der Waals surface area (Å²) in [6.07, 6.45) is 2.48. The van der Waals surface area contributed by atoms with Crippen LogP contribution in [0, 0.1) is 0 Å². The molecule has 1 saturated heterocycles. The molecule has 1 aromatic carbocycles. The van der Waals surface area contributed by atoms with Gasteiger partial charge in [0.15, 0.2) is 0 Å². The Morgan fingerprint density at radius 3 is 2.85 bits per heavy atom. The van der Waals surface area contributed by atoms with E-state index < -0.39 is 10.0 Å². The summed E-state index contributed by atoms with van der Waals surface area (Å²) in [5, 5.41) is 2.89. The molecule has 144 valence electrons. The Kier molecular flexibility index (Phi) is 5.84. The Morgan fingerprint density at radius 2 is 2.15 bits per heavy atom. The first kappa shape index (κ1) is 19.1. The van der Waals surface area contributed by atoms with Crippen LogP contribution in [0.1, 0.15) is 37.8 Å². The summed E-state index contributed by atoms with van der Waals surface area (Å²) in [6, 6.07) is 5.16. The number of amides is 2. The normalized spacial score (nSPS) is 20.3. The number of urea groups is 1. The third-order valence-electron chi connectivity index (χ3n) is 4.72. The Hall–Kier alpha value is -1.64. The van der Waals surface area contributed by atoms with Crippen molar-refractivity contribution in [1.82, 2.24) is 14.9 Å². The second kappa shape index (κ2) is 7.94. The lowest BCUT2D eigenvalue weighted by molar-refractivity contribution is 0.114. The lowest BCUT2D eigenvalue weighted by Gasteiger charge is -2.30. The lowest BCUT2D eigenvalue weighted by Crippen LogP contribution is -2.45. The first-order valence-electron chi connectivity index (χ1n) is 9.13. The van der Waals surface area contributed by atoms with Gasteiger partial charge < -0.3 is 15.0 Å². The van der Waals surface area contributed by atoms with Crippen molar-refractivity contribution in [3.8, 4) is 0 Å². The van der Waals surface area contributed by atoms with Gasteiger partial charge in [0.25, 0.3) is 0 Å². The van der Waals surface area contributed by atoms with Gasteiger partial charge in [-0.25, -0.2) is 17.9 Å². The minimum atomic E-state index is -3.55. The zero-order valence-corrected chi connectivity index (χ0v) is 16.1. The number of carbonyl (C=O) groups excluding carboxylic acids is 1. The van der Waals surface area contributed by atoms with Crippen molar-refractivity contribution in [2.75, 3.05) is 19.7 Å². The standard InChI is InChI=1S/C18H27N3O4S/c1-13(2)20-18(22)21-8-7-14-10-17(6-5-15(14)12-21)26(23,24)19-11-16-4-3-9-25-16/h5-6,10,13,16,19H,3-4,7-9,11-12H2,1-2H3,(H,20,22). The molecule has 8 heteroatoms. The number of ether oxygens (including phenoxy) is 1. The van der Waals surface area contributed by atoms with Crippen LogP contribution in [-0.4, -0.2) is 51.2 Å². The van der Waals surface area contributed by atoms with Crippen LogP contribution in [-0.2, 0) is 27.7 Å². The van der Waals surface area contributed by atoms with Gasteiger partial charge in [-0.3, -0.25) is 0 Å². The molecule has 2 heterocycles. The number of fused-ring (bicyclic) bond motifs is 1. The van der Waals surface area contributed by atoms with E-state index in [4.69, 9.17) is 4.74 Å². The fourth-order valence-corrected chi connectivity index (χ4v) is 4.42. The minimum absolute atomic E-state index is 0.0320. The van der Waals surface area contributed by atoms with Crippen LogP contribution in [0.4, 0.5) is 4.79 Å². The summed E-state index contributed by atoms with van der Waals surface area (Å²) in [6.45, 7) is 5.94. The molecule has 0 spiro atoms. The molecule has 2 aliphatic rings. The van der Waals surface area contributed by atoms with Crippen LogP contribution >= 0.6 is 0 Å². The quantitative estimate of drug-likeness (QED) is 0.811. The Bertz CT molecular complexity index is 758. The molecule has 1 atom stereocenters. The van der Waals surface area contributed by atoms with E-state index in [1.54, 1.807) is 17.0 Å². The summed E-state index contributed by atoms with van der Waals surface area (Å²) in [5.41, 5.74) is 1.98. The maximum Gasteiger partial charge on any atom is 0.317 e. The predicted molar refractivity (Wildman–Crippen MR) is 98.4 cm³/mol. The fraction of sp³-hybridized carbons (Fsp3) is 0.611. The highest BCUT2D eigenvalue weighted by molar-refractivity contribution is 7.89. The monoisotopic (exact) mass is 381 g/mol. The fourth-order valence-electron chi connectivity index (χ4n) is 3.30. The van der Waals surface area contributed by atoms with Gasteiger partial charge in [-0.05, 0) is 56.4 Å². The topological polar surface area (TPSA) is 87.7 Å². The molecular formula is C18H27N3O4S. The zero-order valence-electron chi connectivity index (χ0n) is 15.3. The van der Waals surface area contributed by atoms with Crippen LogP contribution in [0.25, 0.3) is 0 Å². The van der Waals surface area contributed by atoms with Crippen molar-refractivity contribution in [3.63, 3.8) is 0 Å². The number of rotatable bonds is 5. The number of nitrogens with one attached hydrogen (secondary N) is 2. The van der Waals surface area contributed by atoms with Crippen molar-refractivity contribution in [2.24, 2.45) is 0 Å². The van der Waals surface area contributed by atoms with Crippen LogP contribution < -0.4 is 10.0 Å². The maximum atomic E-state index is 12.5. The van der Waals surface area contributed by atoms with E-state index in [0.29, 0.717) is 32.7 Å². The SMILES string of the molecule is CC(C)NC(=O)N1CCc2cc(S(=O)(=O)NCC3CCCO3)ccc2C1. The highest BCUT2D eigenvalue weighted by Gasteiger charge is 2.24. The molecule has 26 heavy (non-hydrogen) atoms. The van der Waals surface area contributed by atoms with E-state index in [1.165, 1.54) is 0 Å². The molecule has 0 bridgehead atoms. The average Bonchev–Trinajstić information content (AvgIpc) is 3.12. The third-order valence-corrected chi connectivity index (χ3v) is 6.15. The van der Waals surface area contributed by atoms with E-state index >= 15 is 0 Å². The van der Waals surface area contributed by atoms with Gasteiger partial charge in [0, 0.05) is 32.3 Å². The van der Waals surface area contributed by atoms with Gasteiger partial charge in [-0.1, -0.05) is 6.07 Å². The summed E-state index contributed by atoms with van der Waals surface area (Å²) in [4.78, 5) is 14.2. The van der Waals surface area contributed by atoms with Crippen LogP contribution in [0.2, 0.25) is 0 Å². The number of carbonyl (C=O) groups is 1. The third kappa shape index (κ3) is 4.55. The van der Waals surface area contributed by atoms with E-state index in [9.17, 15) is 13.2 Å². The smallest absolute Gasteiger partial charge is 0.317 e. The number of benzene rings is 1. The van der Waals surface area contributed by atoms with Crippen LogP contribution in [0.3, 0.4) is 0 Å². The van der Waals surface area contributed by atoms with Crippen molar-refractivity contribution < 1.29 is 17.9 Å². The second-order valence-electron chi connectivity index (χ2n) is 7.19. The number of hydrogen-bond donors (Lipinski definition) is 2. The van der Waals surface area contributed by atoms with Gasteiger partial charge in [0.05, 0.1) is 11.0 Å². The van der Waals surface area contributed by atoms with Gasteiger partial charge in [0.2, 0.25) is 10.0 Å². The van der Waals surface area contributed by atoms with Crippen LogP contribution in [0.15, 0.2) is 23.1 Å². The molecule has 1 unspecified atom stereocenters. The average molecular weight is 381 g/mol. The highest BCUT2D eigenvalue weighted by atomic mass is 32.2. The number of nitrogens with zero attached hydrogens (tertiary/aromatic N) is 1. The van der Waals surface area contributed by atoms with Gasteiger partial charge in [-0.2, -0.15) is 0 Å². The van der Waals surface area contributed by atoms with Crippen LogP contribution in [0.5, 0.6) is 0 Å². The molecule has 3 rings (SSSR count). The van der Waals surface area contributed by atoms with Crippen molar-refractivity contribution in [2.45, 2.75) is 56.7 Å². The van der Waals surface area contributed by atoms with E-state index in [2.05, 4.69) is 10.0 Å². The van der Waals surface area contributed by atoms with E-state index in [1.807, 2.05) is 19.9 Å². The maximum absolute atomic E-state index is 12.5. The molecule has 0 aromatic heterocycles. The first-order valence-corrected chi connectivity index (χ1v) is 10.6. The van der Waals surface area contributed by atoms with Crippen molar-refractivity contribution in [3.05, 3.63) is 29.3 Å². The number of hydrogen-bond acceptors (Lipinski definition) is 4. The molecule has 0 radical (unpaired) electrons. The van der Waals surface area contributed by atoms with E-state index in [-0.39, 0.29) is 23.1 Å². The summed E-state index contributed by atoms with van der Waals surface area (Å²) in [7, 11) is -3.55. The second-order valence-corrected chi connectivity index (χ2v) is 8.96. The summed E-state index contributed by atoms with van der Waals surface area (Å²) >= 11 is 0. The predicted octanol–water partition coefficient (Wildman–Crippen LogP) is 1.62. The van der Waals surface area contributed by atoms with Crippen molar-refractivity contribution in [1.29, 1.82) is 0 Å². The number of sulfonamides is 1. The molecule has 2 N–H and O–H groups in total. The van der Waals surface area contributed by atoms with E-state index in [0.717, 1.165) is 24.0 Å². The molecule has 7 nitrogen and oxygen atoms in total. The molecule has 2 amide bonds. The zero-order chi connectivity index (χ0) is 18.7. The molecular weight excluding hydrogens is 354 g/mol. The molecule has 2 aliphatic heterocycles. The summed E-state index contributed by atoms with van der Waals surface area (Å²) in [5.74, 6) is 0. The van der Waals surface area contributed by atoms with Crippen molar-refractivity contribution >= 4 is 16.1 Å². The first-order chi connectivity index (χ1) is 12.3. The largest absolute Gasteiger partial charge is 0.377 e.